The zero-order valence-corrected chi connectivity index (χ0v) is 10.9. The van der Waals surface area contributed by atoms with Crippen LogP contribution in [0, 0.1) is 5.41 Å². The van der Waals surface area contributed by atoms with Crippen LogP contribution in [0.4, 0.5) is 0 Å². The van der Waals surface area contributed by atoms with Gasteiger partial charge in [-0.05, 0) is 31.7 Å². The van der Waals surface area contributed by atoms with Gasteiger partial charge in [0.15, 0.2) is 0 Å². The Balaban J connectivity index is 2.04. The Labute approximate surface area is 108 Å². The summed E-state index contributed by atoms with van der Waals surface area (Å²) in [6.45, 7) is 1.82. The van der Waals surface area contributed by atoms with Crippen LogP contribution in [0.15, 0.2) is 30.3 Å². The van der Waals surface area contributed by atoms with E-state index in [4.69, 9.17) is 5.11 Å². The molecule has 1 aromatic carbocycles. The second-order valence-electron chi connectivity index (χ2n) is 5.35. The molecule has 0 heterocycles. The molecule has 0 aliphatic heterocycles. The van der Waals surface area contributed by atoms with Gasteiger partial charge in [-0.15, -0.1) is 0 Å². The molecule has 3 heteroatoms. The second-order valence-corrected chi connectivity index (χ2v) is 5.35. The number of hydrogen-bond acceptors (Lipinski definition) is 2. The van der Waals surface area contributed by atoms with Crippen molar-refractivity contribution < 1.29 is 9.90 Å². The van der Waals surface area contributed by atoms with Crippen molar-refractivity contribution >= 4 is 5.91 Å². The summed E-state index contributed by atoms with van der Waals surface area (Å²) in [6.07, 6.45) is 3.82. The molecule has 2 rings (SSSR count). The molecule has 1 fully saturated rings. The van der Waals surface area contributed by atoms with Gasteiger partial charge in [0.1, 0.15) is 0 Å². The Hall–Kier alpha value is -1.35. The molecule has 0 bridgehead atoms. The predicted molar refractivity (Wildman–Crippen MR) is 71.1 cm³/mol. The third-order valence-electron chi connectivity index (χ3n) is 3.83. The van der Waals surface area contributed by atoms with Crippen LogP contribution in [0.25, 0.3) is 0 Å². The Bertz CT molecular complexity index is 398. The zero-order chi connectivity index (χ0) is 13.0. The Morgan fingerprint density at radius 1 is 1.39 bits per heavy atom. The minimum absolute atomic E-state index is 0.00679. The third-order valence-corrected chi connectivity index (χ3v) is 3.83. The molecule has 0 radical (unpaired) electrons. The van der Waals surface area contributed by atoms with Gasteiger partial charge < -0.3 is 10.4 Å². The Kier molecular flexibility index (Phi) is 4.02. The monoisotopic (exact) mass is 247 g/mol. The fourth-order valence-electron chi connectivity index (χ4n) is 2.50. The Morgan fingerprint density at radius 3 is 2.56 bits per heavy atom. The average Bonchev–Trinajstić information content (AvgIpc) is 2.34. The predicted octanol–water partition coefficient (Wildman–Crippen LogP) is 1.90. The lowest BCUT2D eigenvalue weighted by atomic mass is 9.64. The van der Waals surface area contributed by atoms with Crippen molar-refractivity contribution in [2.75, 3.05) is 6.61 Å². The van der Waals surface area contributed by atoms with Crippen LogP contribution in [0.1, 0.15) is 31.7 Å². The van der Waals surface area contributed by atoms with E-state index in [-0.39, 0.29) is 24.0 Å². The van der Waals surface area contributed by atoms with E-state index >= 15 is 0 Å². The number of hydrogen-bond donors (Lipinski definition) is 2. The van der Waals surface area contributed by atoms with Crippen molar-refractivity contribution in [2.24, 2.45) is 5.41 Å². The highest BCUT2D eigenvalue weighted by Gasteiger charge is 2.44. The van der Waals surface area contributed by atoms with E-state index in [1.54, 1.807) is 0 Å². The van der Waals surface area contributed by atoms with E-state index < -0.39 is 0 Å². The van der Waals surface area contributed by atoms with Gasteiger partial charge in [-0.25, -0.2) is 0 Å². The van der Waals surface area contributed by atoms with E-state index in [0.717, 1.165) is 25.7 Å². The van der Waals surface area contributed by atoms with Gasteiger partial charge in [-0.2, -0.15) is 0 Å². The molecule has 1 atom stereocenters. The molecule has 0 aromatic heterocycles. The van der Waals surface area contributed by atoms with Crippen LogP contribution in [-0.2, 0) is 11.2 Å². The van der Waals surface area contributed by atoms with Gasteiger partial charge in [-0.3, -0.25) is 4.79 Å². The standard InChI is InChI=1S/C15H21NO2/c1-12(11-17)16-14(18)15(8-5-9-15)10-13-6-3-2-4-7-13/h2-4,6-7,12,17H,5,8-11H2,1H3,(H,16,18). The number of aliphatic hydroxyl groups excluding tert-OH is 1. The van der Waals surface area contributed by atoms with Crippen LogP contribution in [0.5, 0.6) is 0 Å². The first kappa shape index (κ1) is 13.1. The lowest BCUT2D eigenvalue weighted by molar-refractivity contribution is -0.136. The number of nitrogens with one attached hydrogen (secondary N) is 1. The molecule has 1 aromatic rings. The molecule has 0 saturated heterocycles. The van der Waals surface area contributed by atoms with Crippen molar-refractivity contribution in [1.29, 1.82) is 0 Å². The lowest BCUT2D eigenvalue weighted by Gasteiger charge is -2.41. The lowest BCUT2D eigenvalue weighted by Crippen LogP contribution is -2.50. The normalized spacial score (nSPS) is 18.8. The molecule has 1 amide bonds. The summed E-state index contributed by atoms with van der Waals surface area (Å²) in [6, 6.07) is 9.99. The summed E-state index contributed by atoms with van der Waals surface area (Å²) in [7, 11) is 0. The number of rotatable bonds is 5. The van der Waals surface area contributed by atoms with E-state index in [1.165, 1.54) is 5.56 Å². The van der Waals surface area contributed by atoms with E-state index in [0.29, 0.717) is 0 Å². The number of amides is 1. The highest BCUT2D eigenvalue weighted by atomic mass is 16.3. The molecule has 18 heavy (non-hydrogen) atoms. The summed E-state index contributed by atoms with van der Waals surface area (Å²) in [5.41, 5.74) is 0.967. The molecule has 2 N–H and O–H groups in total. The van der Waals surface area contributed by atoms with Gasteiger partial charge in [0.2, 0.25) is 5.91 Å². The summed E-state index contributed by atoms with van der Waals surface area (Å²) in [4.78, 5) is 12.3. The minimum atomic E-state index is -0.245. The smallest absolute Gasteiger partial charge is 0.226 e. The first-order chi connectivity index (χ1) is 8.66. The van der Waals surface area contributed by atoms with E-state index in [2.05, 4.69) is 17.4 Å². The van der Waals surface area contributed by atoms with Crippen LogP contribution in [0.2, 0.25) is 0 Å². The highest BCUT2D eigenvalue weighted by molar-refractivity contribution is 5.84. The van der Waals surface area contributed by atoms with Crippen LogP contribution >= 0.6 is 0 Å². The topological polar surface area (TPSA) is 49.3 Å². The Morgan fingerprint density at radius 2 is 2.06 bits per heavy atom. The maximum atomic E-state index is 12.3. The van der Waals surface area contributed by atoms with E-state index in [1.807, 2.05) is 25.1 Å². The summed E-state index contributed by atoms with van der Waals surface area (Å²) in [5, 5.41) is 11.9. The third kappa shape index (κ3) is 2.72. The van der Waals surface area contributed by atoms with Crippen molar-refractivity contribution in [3.63, 3.8) is 0 Å². The average molecular weight is 247 g/mol. The largest absolute Gasteiger partial charge is 0.394 e. The number of benzene rings is 1. The number of carbonyl (C=O) groups excluding carboxylic acids is 1. The van der Waals surface area contributed by atoms with Crippen molar-refractivity contribution in [1.82, 2.24) is 5.32 Å². The molecular weight excluding hydrogens is 226 g/mol. The zero-order valence-electron chi connectivity index (χ0n) is 10.9. The van der Waals surface area contributed by atoms with Crippen molar-refractivity contribution in [2.45, 2.75) is 38.6 Å². The summed E-state index contributed by atoms with van der Waals surface area (Å²) >= 11 is 0. The van der Waals surface area contributed by atoms with Gasteiger partial charge in [-0.1, -0.05) is 36.8 Å². The van der Waals surface area contributed by atoms with E-state index in [9.17, 15) is 4.79 Å². The van der Waals surface area contributed by atoms with Gasteiger partial charge in [0.25, 0.3) is 0 Å². The fourth-order valence-corrected chi connectivity index (χ4v) is 2.50. The van der Waals surface area contributed by atoms with Crippen molar-refractivity contribution in [3.8, 4) is 0 Å². The molecular formula is C15H21NO2. The molecule has 1 saturated carbocycles. The molecule has 1 aliphatic carbocycles. The molecule has 1 unspecified atom stereocenters. The SMILES string of the molecule is CC(CO)NC(=O)C1(Cc2ccccc2)CCC1. The maximum Gasteiger partial charge on any atom is 0.226 e. The van der Waals surface area contributed by atoms with Crippen LogP contribution < -0.4 is 5.32 Å². The second kappa shape index (κ2) is 5.53. The number of aliphatic hydroxyl groups is 1. The maximum absolute atomic E-state index is 12.3. The first-order valence-corrected chi connectivity index (χ1v) is 6.62. The first-order valence-electron chi connectivity index (χ1n) is 6.62. The quantitative estimate of drug-likeness (QED) is 0.835. The summed E-state index contributed by atoms with van der Waals surface area (Å²) < 4.78 is 0. The molecule has 1 aliphatic rings. The molecule has 3 nitrogen and oxygen atoms in total. The molecule has 98 valence electrons. The highest BCUT2D eigenvalue weighted by Crippen LogP contribution is 2.44. The number of carbonyl (C=O) groups is 1. The fraction of sp³-hybridized carbons (Fsp3) is 0.533. The van der Waals surface area contributed by atoms with Gasteiger partial charge >= 0.3 is 0 Å². The van der Waals surface area contributed by atoms with Crippen LogP contribution in [0.3, 0.4) is 0 Å². The van der Waals surface area contributed by atoms with Gasteiger partial charge in [0, 0.05) is 6.04 Å². The summed E-state index contributed by atoms with van der Waals surface area (Å²) in [5.74, 6) is 0.0964. The van der Waals surface area contributed by atoms with Crippen LogP contribution in [-0.4, -0.2) is 23.7 Å². The van der Waals surface area contributed by atoms with Gasteiger partial charge in [0.05, 0.1) is 12.0 Å². The minimum Gasteiger partial charge on any atom is -0.394 e. The van der Waals surface area contributed by atoms with Crippen molar-refractivity contribution in [3.05, 3.63) is 35.9 Å². The molecule has 0 spiro atoms.